The van der Waals surface area contributed by atoms with Crippen LogP contribution in [0.15, 0.2) is 30.6 Å². The van der Waals surface area contributed by atoms with Gasteiger partial charge in [0, 0.05) is 26.5 Å². The van der Waals surface area contributed by atoms with Gasteiger partial charge >= 0.3 is 0 Å². The van der Waals surface area contributed by atoms with Crippen LogP contribution in [0.3, 0.4) is 0 Å². The Kier molecular flexibility index (Phi) is 4.37. The van der Waals surface area contributed by atoms with E-state index in [0.717, 1.165) is 5.56 Å². The molecule has 2 rings (SSSR count). The molecule has 2 aromatic rings. The fourth-order valence-electron chi connectivity index (χ4n) is 1.78. The number of amides is 1. The zero-order valence-electron chi connectivity index (χ0n) is 12.5. The van der Waals surface area contributed by atoms with Crippen LogP contribution in [0, 0.1) is 6.92 Å². The van der Waals surface area contributed by atoms with Gasteiger partial charge in [-0.3, -0.25) is 4.79 Å². The van der Waals surface area contributed by atoms with Gasteiger partial charge in [0.25, 0.3) is 5.91 Å². The Morgan fingerprint density at radius 2 is 1.90 bits per heavy atom. The van der Waals surface area contributed by atoms with Crippen LogP contribution < -0.4 is 15.0 Å². The van der Waals surface area contributed by atoms with Crippen LogP contribution in [-0.4, -0.2) is 37.1 Å². The lowest BCUT2D eigenvalue weighted by molar-refractivity contribution is 0.102. The average Bonchev–Trinajstić information content (AvgIpc) is 2.47. The number of aromatic nitrogens is 2. The molecule has 1 heterocycles. The van der Waals surface area contributed by atoms with E-state index >= 15 is 0 Å². The van der Waals surface area contributed by atoms with E-state index in [1.54, 1.807) is 12.0 Å². The number of nitrogens with one attached hydrogen (secondary N) is 1. The number of hydrogen-bond donors (Lipinski definition) is 1. The first-order valence-electron chi connectivity index (χ1n) is 6.46. The van der Waals surface area contributed by atoms with Crippen molar-refractivity contribution in [1.82, 2.24) is 9.97 Å². The predicted molar refractivity (Wildman–Crippen MR) is 82.0 cm³/mol. The molecule has 0 spiro atoms. The first kappa shape index (κ1) is 14.8. The summed E-state index contributed by atoms with van der Waals surface area (Å²) in [4.78, 5) is 22.2. The van der Waals surface area contributed by atoms with Gasteiger partial charge in [0.05, 0.1) is 18.4 Å². The van der Waals surface area contributed by atoms with Gasteiger partial charge in [0.2, 0.25) is 5.95 Å². The highest BCUT2D eigenvalue weighted by Crippen LogP contribution is 2.25. The number of ether oxygens (including phenoxy) is 1. The van der Waals surface area contributed by atoms with E-state index in [1.807, 2.05) is 39.2 Å². The quantitative estimate of drug-likeness (QED) is 0.932. The van der Waals surface area contributed by atoms with Crippen molar-refractivity contribution in [2.75, 3.05) is 31.4 Å². The van der Waals surface area contributed by atoms with Gasteiger partial charge in [-0.1, -0.05) is 6.07 Å². The first-order valence-corrected chi connectivity index (χ1v) is 6.46. The molecule has 0 unspecified atom stereocenters. The molecule has 0 saturated heterocycles. The van der Waals surface area contributed by atoms with E-state index in [4.69, 9.17) is 4.74 Å². The minimum Gasteiger partial charge on any atom is -0.495 e. The van der Waals surface area contributed by atoms with Crippen molar-refractivity contribution < 1.29 is 9.53 Å². The third kappa shape index (κ3) is 3.47. The Balaban J connectivity index is 2.19. The maximum Gasteiger partial charge on any atom is 0.258 e. The lowest BCUT2D eigenvalue weighted by Crippen LogP contribution is -2.16. The summed E-state index contributed by atoms with van der Waals surface area (Å²) in [5.74, 6) is 0.892. The molecule has 1 aromatic heterocycles. The van der Waals surface area contributed by atoms with E-state index < -0.39 is 0 Å². The highest BCUT2D eigenvalue weighted by Gasteiger charge is 2.11. The highest BCUT2D eigenvalue weighted by atomic mass is 16.5. The van der Waals surface area contributed by atoms with Gasteiger partial charge in [-0.2, -0.15) is 0 Å². The molecule has 0 aliphatic carbocycles. The zero-order chi connectivity index (χ0) is 15.4. The zero-order valence-corrected chi connectivity index (χ0v) is 12.5. The third-order valence-corrected chi connectivity index (χ3v) is 2.90. The van der Waals surface area contributed by atoms with Crippen molar-refractivity contribution in [1.29, 1.82) is 0 Å². The van der Waals surface area contributed by atoms with E-state index in [1.165, 1.54) is 12.4 Å². The number of carbonyl (C=O) groups is 1. The molecule has 0 fully saturated rings. The van der Waals surface area contributed by atoms with Crippen molar-refractivity contribution in [3.63, 3.8) is 0 Å². The molecule has 110 valence electrons. The fourth-order valence-corrected chi connectivity index (χ4v) is 1.78. The number of benzene rings is 1. The molecule has 0 atom stereocenters. The summed E-state index contributed by atoms with van der Waals surface area (Å²) in [6.45, 7) is 1.95. The van der Waals surface area contributed by atoms with Crippen molar-refractivity contribution in [2.24, 2.45) is 0 Å². The number of aryl methyl sites for hydroxylation is 1. The molecular weight excluding hydrogens is 268 g/mol. The summed E-state index contributed by atoms with van der Waals surface area (Å²) in [6, 6.07) is 5.59. The number of rotatable bonds is 4. The van der Waals surface area contributed by atoms with Gasteiger partial charge in [0.15, 0.2) is 0 Å². The summed E-state index contributed by atoms with van der Waals surface area (Å²) < 4.78 is 5.24. The van der Waals surface area contributed by atoms with E-state index in [9.17, 15) is 4.79 Å². The number of carbonyl (C=O) groups excluding carboxylic acids is 1. The summed E-state index contributed by atoms with van der Waals surface area (Å²) in [5, 5.41) is 2.81. The van der Waals surface area contributed by atoms with Gasteiger partial charge in [-0.15, -0.1) is 0 Å². The van der Waals surface area contributed by atoms with Crippen LogP contribution in [-0.2, 0) is 0 Å². The second-order valence-electron chi connectivity index (χ2n) is 4.82. The molecule has 1 aromatic carbocycles. The minimum atomic E-state index is -0.274. The molecular formula is C15H18N4O2. The molecule has 1 amide bonds. The summed E-state index contributed by atoms with van der Waals surface area (Å²) in [6.07, 6.45) is 3.00. The molecule has 6 heteroatoms. The van der Waals surface area contributed by atoms with Crippen molar-refractivity contribution in [2.45, 2.75) is 6.92 Å². The molecule has 0 bridgehead atoms. The Labute approximate surface area is 123 Å². The molecule has 6 nitrogen and oxygen atoms in total. The lowest BCUT2D eigenvalue weighted by Gasteiger charge is -2.12. The van der Waals surface area contributed by atoms with Crippen LogP contribution in [0.5, 0.6) is 5.75 Å². The maximum absolute atomic E-state index is 12.2. The molecule has 1 N–H and O–H groups in total. The second kappa shape index (κ2) is 6.21. The fraction of sp³-hybridized carbons (Fsp3) is 0.267. The van der Waals surface area contributed by atoms with Gasteiger partial charge in [-0.25, -0.2) is 9.97 Å². The number of nitrogens with zero attached hydrogens (tertiary/aromatic N) is 3. The van der Waals surface area contributed by atoms with Crippen LogP contribution in [0.25, 0.3) is 0 Å². The van der Waals surface area contributed by atoms with Crippen LogP contribution in [0.1, 0.15) is 15.9 Å². The van der Waals surface area contributed by atoms with E-state index in [0.29, 0.717) is 22.9 Å². The van der Waals surface area contributed by atoms with Crippen LogP contribution in [0.4, 0.5) is 11.6 Å². The number of anilines is 2. The Hall–Kier alpha value is -2.63. The molecule has 0 aliphatic rings. The molecule has 0 aliphatic heterocycles. The number of methoxy groups -OCH3 is 1. The third-order valence-electron chi connectivity index (χ3n) is 2.90. The molecule has 0 radical (unpaired) electrons. The van der Waals surface area contributed by atoms with Crippen molar-refractivity contribution in [3.05, 3.63) is 41.7 Å². The minimum absolute atomic E-state index is 0.274. The predicted octanol–water partition coefficient (Wildman–Crippen LogP) is 2.11. The van der Waals surface area contributed by atoms with Crippen molar-refractivity contribution >= 4 is 17.5 Å². The normalized spacial score (nSPS) is 10.1. The monoisotopic (exact) mass is 286 g/mol. The molecule has 0 saturated carbocycles. The van der Waals surface area contributed by atoms with Crippen molar-refractivity contribution in [3.8, 4) is 5.75 Å². The lowest BCUT2D eigenvalue weighted by atomic mass is 10.2. The Morgan fingerprint density at radius 3 is 2.48 bits per heavy atom. The topological polar surface area (TPSA) is 67.3 Å². The Morgan fingerprint density at radius 1 is 1.24 bits per heavy atom. The van der Waals surface area contributed by atoms with E-state index in [-0.39, 0.29) is 5.91 Å². The second-order valence-corrected chi connectivity index (χ2v) is 4.82. The van der Waals surface area contributed by atoms with Crippen LogP contribution in [0.2, 0.25) is 0 Å². The summed E-state index contributed by atoms with van der Waals surface area (Å²) >= 11 is 0. The van der Waals surface area contributed by atoms with Gasteiger partial charge in [0.1, 0.15) is 5.75 Å². The Bertz CT molecular complexity index is 639. The largest absolute Gasteiger partial charge is 0.495 e. The average molecular weight is 286 g/mol. The smallest absolute Gasteiger partial charge is 0.258 e. The summed E-state index contributed by atoms with van der Waals surface area (Å²) in [7, 11) is 5.24. The number of hydrogen-bond acceptors (Lipinski definition) is 5. The maximum atomic E-state index is 12.2. The van der Waals surface area contributed by atoms with Crippen LogP contribution >= 0.6 is 0 Å². The SMILES string of the molecule is COc1ccc(C)cc1NC(=O)c1cnc(N(C)C)nc1. The standard InChI is InChI=1S/C15H18N4O2/c1-10-5-6-13(21-4)12(7-10)18-14(20)11-8-16-15(17-9-11)19(2)3/h5-9H,1-4H3,(H,18,20). The van der Waals surface area contributed by atoms with Gasteiger partial charge in [-0.05, 0) is 24.6 Å². The summed E-state index contributed by atoms with van der Waals surface area (Å²) in [5.41, 5.74) is 2.05. The first-order chi connectivity index (χ1) is 10.0. The van der Waals surface area contributed by atoms with Gasteiger partial charge < -0.3 is 15.0 Å². The molecule has 21 heavy (non-hydrogen) atoms. The van der Waals surface area contributed by atoms with E-state index in [2.05, 4.69) is 15.3 Å². The highest BCUT2D eigenvalue weighted by molar-refractivity contribution is 6.04.